The fourth-order valence-electron chi connectivity index (χ4n) is 4.61. The van der Waals surface area contributed by atoms with Gasteiger partial charge in [-0.15, -0.1) is 0 Å². The summed E-state index contributed by atoms with van der Waals surface area (Å²) < 4.78 is 1.88. The van der Waals surface area contributed by atoms with Crippen molar-refractivity contribution in [3.63, 3.8) is 0 Å². The highest BCUT2D eigenvalue weighted by molar-refractivity contribution is 6.03. The van der Waals surface area contributed by atoms with Crippen LogP contribution in [0.15, 0.2) is 24.3 Å². The summed E-state index contributed by atoms with van der Waals surface area (Å²) in [7, 11) is 0. The van der Waals surface area contributed by atoms with Gasteiger partial charge in [-0.3, -0.25) is 14.3 Å². The maximum Gasteiger partial charge on any atom is 0.257 e. The van der Waals surface area contributed by atoms with Crippen molar-refractivity contribution in [1.82, 2.24) is 14.7 Å². The van der Waals surface area contributed by atoms with Crippen LogP contribution in [0.25, 0.3) is 0 Å². The lowest BCUT2D eigenvalue weighted by Gasteiger charge is -2.34. The van der Waals surface area contributed by atoms with Gasteiger partial charge in [0.2, 0.25) is 5.91 Å². The van der Waals surface area contributed by atoms with E-state index >= 15 is 0 Å². The molecule has 3 heterocycles. The van der Waals surface area contributed by atoms with Crippen molar-refractivity contribution in [2.24, 2.45) is 5.92 Å². The summed E-state index contributed by atoms with van der Waals surface area (Å²) in [6.45, 7) is 8.03. The van der Waals surface area contributed by atoms with Gasteiger partial charge in [-0.2, -0.15) is 5.10 Å². The Morgan fingerprint density at radius 3 is 2.59 bits per heavy atom. The van der Waals surface area contributed by atoms with Gasteiger partial charge in [0.15, 0.2) is 0 Å². The Morgan fingerprint density at radius 1 is 1.22 bits per heavy atom. The fraction of sp³-hybridized carbons (Fsp3) is 0.476. The van der Waals surface area contributed by atoms with Crippen molar-refractivity contribution in [2.75, 3.05) is 18.4 Å². The molecule has 0 radical (unpaired) electrons. The van der Waals surface area contributed by atoms with E-state index < -0.39 is 0 Å². The molecule has 1 saturated heterocycles. The monoisotopic (exact) mass is 366 g/mol. The maximum atomic E-state index is 13.1. The molecular formula is C21H26N4O2. The fourth-order valence-corrected chi connectivity index (χ4v) is 4.61. The number of hydrogen-bond acceptors (Lipinski definition) is 3. The van der Waals surface area contributed by atoms with E-state index in [1.165, 1.54) is 0 Å². The lowest BCUT2D eigenvalue weighted by molar-refractivity contribution is -0.118. The van der Waals surface area contributed by atoms with Crippen LogP contribution in [0.2, 0.25) is 0 Å². The zero-order valence-corrected chi connectivity index (χ0v) is 16.2. The van der Waals surface area contributed by atoms with E-state index in [2.05, 4.69) is 10.4 Å². The SMILES string of the molecule is CCn1nc(C)c(C(=O)N2CCC(C3C(=O)Nc4ccccc43)CC2)c1C. The van der Waals surface area contributed by atoms with Gasteiger partial charge in [0, 0.05) is 31.0 Å². The summed E-state index contributed by atoms with van der Waals surface area (Å²) in [6, 6.07) is 7.94. The van der Waals surface area contributed by atoms with E-state index in [1.54, 1.807) is 0 Å². The molecule has 2 aromatic rings. The Hall–Kier alpha value is -2.63. The molecule has 1 aromatic heterocycles. The molecule has 6 nitrogen and oxygen atoms in total. The highest BCUT2D eigenvalue weighted by Gasteiger charge is 2.39. The topological polar surface area (TPSA) is 67.2 Å². The second-order valence-electron chi connectivity index (χ2n) is 7.55. The Kier molecular flexibility index (Phi) is 4.50. The molecule has 1 unspecified atom stereocenters. The van der Waals surface area contributed by atoms with E-state index in [1.807, 2.05) is 54.6 Å². The quantitative estimate of drug-likeness (QED) is 0.908. The number of nitrogens with one attached hydrogen (secondary N) is 1. The molecule has 1 atom stereocenters. The van der Waals surface area contributed by atoms with Crippen LogP contribution < -0.4 is 5.32 Å². The summed E-state index contributed by atoms with van der Waals surface area (Å²) in [6.07, 6.45) is 1.69. The van der Waals surface area contributed by atoms with Gasteiger partial charge in [-0.05, 0) is 51.2 Å². The molecule has 0 spiro atoms. The van der Waals surface area contributed by atoms with Crippen LogP contribution in [-0.2, 0) is 11.3 Å². The second-order valence-corrected chi connectivity index (χ2v) is 7.55. The minimum Gasteiger partial charge on any atom is -0.339 e. The number of amides is 2. The average Bonchev–Trinajstić information content (AvgIpc) is 3.16. The van der Waals surface area contributed by atoms with Crippen molar-refractivity contribution in [1.29, 1.82) is 0 Å². The number of benzene rings is 1. The molecule has 0 bridgehead atoms. The van der Waals surface area contributed by atoms with Crippen molar-refractivity contribution in [3.8, 4) is 0 Å². The van der Waals surface area contributed by atoms with Crippen molar-refractivity contribution in [2.45, 2.75) is 46.1 Å². The largest absolute Gasteiger partial charge is 0.339 e. The van der Waals surface area contributed by atoms with Gasteiger partial charge < -0.3 is 10.2 Å². The minimum atomic E-state index is -0.0928. The number of carbonyl (C=O) groups is 2. The minimum absolute atomic E-state index is 0.0689. The first kappa shape index (κ1) is 17.8. The van der Waals surface area contributed by atoms with E-state index in [0.717, 1.165) is 47.6 Å². The molecule has 1 fully saturated rings. The highest BCUT2D eigenvalue weighted by Crippen LogP contribution is 2.41. The van der Waals surface area contributed by atoms with Gasteiger partial charge in [0.1, 0.15) is 0 Å². The lowest BCUT2D eigenvalue weighted by Crippen LogP contribution is -2.41. The molecule has 4 rings (SSSR count). The van der Waals surface area contributed by atoms with Crippen molar-refractivity contribution < 1.29 is 9.59 Å². The van der Waals surface area contributed by atoms with E-state index in [9.17, 15) is 9.59 Å². The molecule has 0 aliphatic carbocycles. The summed E-state index contributed by atoms with van der Waals surface area (Å²) in [5, 5.41) is 7.47. The third-order valence-corrected chi connectivity index (χ3v) is 6.03. The maximum absolute atomic E-state index is 13.1. The van der Waals surface area contributed by atoms with Gasteiger partial charge in [0.05, 0.1) is 17.2 Å². The predicted molar refractivity (Wildman–Crippen MR) is 104 cm³/mol. The zero-order chi connectivity index (χ0) is 19.1. The van der Waals surface area contributed by atoms with E-state index in [4.69, 9.17) is 0 Å². The Labute approximate surface area is 159 Å². The number of hydrogen-bond donors (Lipinski definition) is 1. The number of nitrogens with zero attached hydrogens (tertiary/aromatic N) is 3. The summed E-state index contributed by atoms with van der Waals surface area (Å²) in [4.78, 5) is 27.5. The van der Waals surface area contributed by atoms with Gasteiger partial charge in [-0.25, -0.2) is 0 Å². The number of fused-ring (bicyclic) bond motifs is 1. The van der Waals surface area contributed by atoms with Crippen LogP contribution in [0, 0.1) is 19.8 Å². The molecule has 2 amide bonds. The van der Waals surface area contributed by atoms with E-state index in [-0.39, 0.29) is 23.7 Å². The van der Waals surface area contributed by atoms with Gasteiger partial charge in [-0.1, -0.05) is 18.2 Å². The molecule has 2 aliphatic heterocycles. The number of aryl methyl sites for hydroxylation is 2. The third kappa shape index (κ3) is 2.93. The predicted octanol–water partition coefficient (Wildman–Crippen LogP) is 3.11. The number of rotatable bonds is 3. The zero-order valence-electron chi connectivity index (χ0n) is 16.2. The number of anilines is 1. The molecule has 1 aromatic carbocycles. The number of carbonyl (C=O) groups excluding carboxylic acids is 2. The van der Waals surface area contributed by atoms with Crippen LogP contribution >= 0.6 is 0 Å². The first-order valence-electron chi connectivity index (χ1n) is 9.74. The smallest absolute Gasteiger partial charge is 0.257 e. The van der Waals surface area contributed by atoms with Crippen molar-refractivity contribution in [3.05, 3.63) is 46.8 Å². The Morgan fingerprint density at radius 2 is 1.93 bits per heavy atom. The Bertz CT molecular complexity index is 894. The number of piperidine rings is 1. The highest BCUT2D eigenvalue weighted by atomic mass is 16.2. The van der Waals surface area contributed by atoms with E-state index in [0.29, 0.717) is 13.1 Å². The average molecular weight is 366 g/mol. The van der Waals surface area contributed by atoms with Crippen molar-refractivity contribution >= 4 is 17.5 Å². The molecule has 27 heavy (non-hydrogen) atoms. The number of aromatic nitrogens is 2. The first-order valence-corrected chi connectivity index (χ1v) is 9.74. The summed E-state index contributed by atoms with van der Waals surface area (Å²) in [5.74, 6) is 0.347. The number of para-hydroxylation sites is 1. The van der Waals surface area contributed by atoms with Crippen LogP contribution in [-0.4, -0.2) is 39.6 Å². The molecule has 142 valence electrons. The molecular weight excluding hydrogens is 340 g/mol. The van der Waals surface area contributed by atoms with Crippen LogP contribution in [0.5, 0.6) is 0 Å². The summed E-state index contributed by atoms with van der Waals surface area (Å²) >= 11 is 0. The van der Waals surface area contributed by atoms with Gasteiger partial charge in [0.25, 0.3) is 5.91 Å². The van der Waals surface area contributed by atoms with Crippen LogP contribution in [0.1, 0.15) is 53.0 Å². The Balaban J connectivity index is 1.48. The van der Waals surface area contributed by atoms with Gasteiger partial charge >= 0.3 is 0 Å². The second kappa shape index (κ2) is 6.83. The number of likely N-dealkylation sites (tertiary alicyclic amines) is 1. The molecule has 6 heteroatoms. The lowest BCUT2D eigenvalue weighted by atomic mass is 9.80. The summed E-state index contributed by atoms with van der Waals surface area (Å²) in [5.41, 5.74) is 4.50. The van der Waals surface area contributed by atoms with Crippen LogP contribution in [0.4, 0.5) is 5.69 Å². The van der Waals surface area contributed by atoms with Crippen LogP contribution in [0.3, 0.4) is 0 Å². The normalized spacial score (nSPS) is 19.9. The molecule has 1 N–H and O–H groups in total. The molecule has 0 saturated carbocycles. The first-order chi connectivity index (χ1) is 13.0. The molecule has 2 aliphatic rings. The standard InChI is InChI=1S/C21H26N4O2/c1-4-25-14(3)18(13(2)23-25)21(27)24-11-9-15(10-12-24)19-16-7-5-6-8-17(16)22-20(19)26/h5-8,15,19H,4,9-12H2,1-3H3,(H,22,26). The third-order valence-electron chi connectivity index (χ3n) is 6.03.